The Kier molecular flexibility index (Phi) is 4.36. The van der Waals surface area contributed by atoms with E-state index >= 15 is 0 Å². The summed E-state index contributed by atoms with van der Waals surface area (Å²) >= 11 is 0. The molecule has 2 heteroatoms. The summed E-state index contributed by atoms with van der Waals surface area (Å²) in [6.07, 6.45) is 0. The molecular weight excluding hydrogens is 263 g/mol. The third kappa shape index (κ3) is 3.10. The summed E-state index contributed by atoms with van der Waals surface area (Å²) in [4.78, 5) is 0. The lowest BCUT2D eigenvalue weighted by molar-refractivity contribution is 0.454. The average molecular weight is 286 g/mol. The number of hydrogen-bond donors (Lipinski definition) is 1. The van der Waals surface area contributed by atoms with E-state index in [1.807, 2.05) is 18.2 Å². The van der Waals surface area contributed by atoms with E-state index in [1.165, 1.54) is 0 Å². The van der Waals surface area contributed by atoms with Crippen LogP contribution in [-0.2, 0) is 0 Å². The molecule has 0 bridgehead atoms. The molecule has 0 spiro atoms. The molecule has 0 aromatic heterocycles. The molecule has 0 aliphatic rings. The molecule has 1 N–H and O–H groups in total. The highest BCUT2D eigenvalue weighted by atomic mass is 19.1. The van der Waals surface area contributed by atoms with Crippen molar-refractivity contribution in [2.75, 3.05) is 0 Å². The van der Waals surface area contributed by atoms with Crippen LogP contribution in [-0.4, -0.2) is 5.11 Å². The van der Waals surface area contributed by atoms with Gasteiger partial charge in [-0.05, 0) is 64.8 Å². The second-order valence-corrected chi connectivity index (χ2v) is 6.28. The number of aryl methyl sites for hydroxylation is 1. The summed E-state index contributed by atoms with van der Waals surface area (Å²) in [5, 5.41) is 10.4. The lowest BCUT2D eigenvalue weighted by Crippen LogP contribution is -1.97. The van der Waals surface area contributed by atoms with Crippen molar-refractivity contribution < 1.29 is 9.50 Å². The van der Waals surface area contributed by atoms with Gasteiger partial charge in [-0.1, -0.05) is 39.8 Å². The Morgan fingerprint density at radius 1 is 0.857 bits per heavy atom. The Bertz CT molecular complexity index is 628. The van der Waals surface area contributed by atoms with E-state index < -0.39 is 0 Å². The molecular formula is C19H23FO. The van der Waals surface area contributed by atoms with Gasteiger partial charge in [-0.15, -0.1) is 0 Å². The number of rotatable bonds is 3. The molecule has 1 nitrogen and oxygen atoms in total. The van der Waals surface area contributed by atoms with Gasteiger partial charge in [0.1, 0.15) is 11.6 Å². The van der Waals surface area contributed by atoms with Crippen LogP contribution in [0.15, 0.2) is 30.3 Å². The largest absolute Gasteiger partial charge is 0.507 e. The third-order valence-corrected chi connectivity index (χ3v) is 3.92. The van der Waals surface area contributed by atoms with E-state index in [-0.39, 0.29) is 17.7 Å². The summed E-state index contributed by atoms with van der Waals surface area (Å²) in [5.74, 6) is 0.615. The zero-order chi connectivity index (χ0) is 15.7. The highest BCUT2D eigenvalue weighted by Crippen LogP contribution is 2.38. The molecule has 2 rings (SSSR count). The first-order valence-corrected chi connectivity index (χ1v) is 7.44. The maximum Gasteiger partial charge on any atom is 0.126 e. The second kappa shape index (κ2) is 5.88. The summed E-state index contributed by atoms with van der Waals surface area (Å²) in [5.41, 5.74) is 4.28. The normalized spacial score (nSPS) is 11.4. The molecule has 0 aliphatic heterocycles. The van der Waals surface area contributed by atoms with Crippen LogP contribution in [0.3, 0.4) is 0 Å². The Balaban J connectivity index is 2.65. The molecule has 21 heavy (non-hydrogen) atoms. The second-order valence-electron chi connectivity index (χ2n) is 6.28. The number of phenols is 1. The van der Waals surface area contributed by atoms with Crippen LogP contribution in [0.4, 0.5) is 4.39 Å². The highest BCUT2D eigenvalue weighted by molar-refractivity contribution is 5.68. The molecule has 0 saturated carbocycles. The Morgan fingerprint density at radius 3 is 1.81 bits per heavy atom. The Hall–Kier alpha value is -1.83. The maximum absolute atomic E-state index is 13.8. The van der Waals surface area contributed by atoms with Gasteiger partial charge in [0.15, 0.2) is 0 Å². The van der Waals surface area contributed by atoms with Crippen molar-refractivity contribution in [2.45, 2.75) is 46.5 Å². The first kappa shape index (κ1) is 15.6. The first-order valence-electron chi connectivity index (χ1n) is 7.44. The first-order chi connectivity index (χ1) is 9.81. The van der Waals surface area contributed by atoms with E-state index in [1.54, 1.807) is 19.1 Å². The molecule has 0 aliphatic carbocycles. The molecule has 2 aromatic carbocycles. The zero-order valence-corrected chi connectivity index (χ0v) is 13.4. The molecule has 0 fully saturated rings. The fraction of sp³-hybridized carbons (Fsp3) is 0.368. The molecule has 0 atom stereocenters. The van der Waals surface area contributed by atoms with Crippen LogP contribution in [0.5, 0.6) is 5.75 Å². The Labute approximate surface area is 126 Å². The van der Waals surface area contributed by atoms with Crippen LogP contribution in [0.1, 0.15) is 56.2 Å². The van der Waals surface area contributed by atoms with Gasteiger partial charge in [0.2, 0.25) is 0 Å². The van der Waals surface area contributed by atoms with E-state index in [0.717, 1.165) is 22.3 Å². The van der Waals surface area contributed by atoms with Crippen molar-refractivity contribution in [1.29, 1.82) is 0 Å². The maximum atomic E-state index is 13.8. The Morgan fingerprint density at radius 2 is 1.38 bits per heavy atom. The lowest BCUT2D eigenvalue weighted by atomic mass is 9.89. The summed E-state index contributed by atoms with van der Waals surface area (Å²) in [6.45, 7) is 9.98. The number of phenolic OH excluding ortho intramolecular Hbond substituents is 1. The molecule has 0 radical (unpaired) electrons. The van der Waals surface area contributed by atoms with Crippen molar-refractivity contribution in [1.82, 2.24) is 0 Å². The van der Waals surface area contributed by atoms with E-state index in [0.29, 0.717) is 11.3 Å². The minimum atomic E-state index is -0.197. The van der Waals surface area contributed by atoms with Crippen LogP contribution in [0.25, 0.3) is 11.1 Å². The van der Waals surface area contributed by atoms with Crippen molar-refractivity contribution >= 4 is 0 Å². The number of hydrogen-bond acceptors (Lipinski definition) is 1. The topological polar surface area (TPSA) is 20.2 Å². The molecule has 112 valence electrons. The van der Waals surface area contributed by atoms with Gasteiger partial charge in [-0.25, -0.2) is 4.39 Å². The van der Waals surface area contributed by atoms with Crippen LogP contribution in [0.2, 0.25) is 0 Å². The summed E-state index contributed by atoms with van der Waals surface area (Å²) in [6, 6.07) is 9.22. The van der Waals surface area contributed by atoms with Crippen LogP contribution in [0, 0.1) is 12.7 Å². The molecule has 0 unspecified atom stereocenters. The SMILES string of the molecule is Cc1ccc(-c2cc(C(C)C)c(O)c(C(C)C)c2)cc1F. The monoisotopic (exact) mass is 286 g/mol. The summed E-state index contributed by atoms with van der Waals surface area (Å²) < 4.78 is 13.8. The smallest absolute Gasteiger partial charge is 0.126 e. The van der Waals surface area contributed by atoms with E-state index in [2.05, 4.69) is 27.7 Å². The summed E-state index contributed by atoms with van der Waals surface area (Å²) in [7, 11) is 0. The minimum Gasteiger partial charge on any atom is -0.507 e. The van der Waals surface area contributed by atoms with Crippen molar-refractivity contribution in [3.05, 3.63) is 52.8 Å². The number of halogens is 1. The average Bonchev–Trinajstić information content (AvgIpc) is 2.41. The molecule has 0 amide bonds. The van der Waals surface area contributed by atoms with Gasteiger partial charge in [0.05, 0.1) is 0 Å². The third-order valence-electron chi connectivity index (χ3n) is 3.92. The standard InChI is InChI=1S/C19H23FO/c1-11(2)16-8-15(9-17(12(3)4)19(16)21)14-7-6-13(5)18(20)10-14/h6-12,21H,1-5H3. The molecule has 2 aromatic rings. The van der Waals surface area contributed by atoms with Gasteiger partial charge in [-0.2, -0.15) is 0 Å². The van der Waals surface area contributed by atoms with Crippen LogP contribution < -0.4 is 0 Å². The highest BCUT2D eigenvalue weighted by Gasteiger charge is 2.16. The molecule has 0 heterocycles. The minimum absolute atomic E-state index is 0.197. The van der Waals surface area contributed by atoms with Crippen molar-refractivity contribution in [3.63, 3.8) is 0 Å². The fourth-order valence-electron chi connectivity index (χ4n) is 2.50. The van der Waals surface area contributed by atoms with Crippen molar-refractivity contribution in [3.8, 4) is 16.9 Å². The van der Waals surface area contributed by atoms with E-state index in [4.69, 9.17) is 0 Å². The zero-order valence-electron chi connectivity index (χ0n) is 13.4. The van der Waals surface area contributed by atoms with Gasteiger partial charge in [-0.3, -0.25) is 0 Å². The van der Waals surface area contributed by atoms with Crippen LogP contribution >= 0.6 is 0 Å². The lowest BCUT2D eigenvalue weighted by Gasteiger charge is -2.18. The van der Waals surface area contributed by atoms with Gasteiger partial charge >= 0.3 is 0 Å². The van der Waals surface area contributed by atoms with E-state index in [9.17, 15) is 9.50 Å². The van der Waals surface area contributed by atoms with Gasteiger partial charge in [0.25, 0.3) is 0 Å². The predicted octanol–water partition coefficient (Wildman–Crippen LogP) is 5.75. The molecule has 0 saturated heterocycles. The van der Waals surface area contributed by atoms with Crippen molar-refractivity contribution in [2.24, 2.45) is 0 Å². The quantitative estimate of drug-likeness (QED) is 0.761. The predicted molar refractivity (Wildman–Crippen MR) is 86.4 cm³/mol. The number of aromatic hydroxyl groups is 1. The fourth-order valence-corrected chi connectivity index (χ4v) is 2.50. The number of benzene rings is 2. The van der Waals surface area contributed by atoms with Gasteiger partial charge < -0.3 is 5.11 Å². The van der Waals surface area contributed by atoms with Gasteiger partial charge in [0, 0.05) is 0 Å².